The third-order valence-corrected chi connectivity index (χ3v) is 2.75. The van der Waals surface area contributed by atoms with Gasteiger partial charge in [0, 0.05) is 6.07 Å². The summed E-state index contributed by atoms with van der Waals surface area (Å²) in [5.41, 5.74) is 1.98. The monoisotopic (exact) mass is 273 g/mol. The van der Waals surface area contributed by atoms with E-state index in [9.17, 15) is 4.79 Å². The van der Waals surface area contributed by atoms with Gasteiger partial charge in [-0.15, -0.1) is 0 Å². The van der Waals surface area contributed by atoms with Gasteiger partial charge in [0.2, 0.25) is 5.88 Å². The van der Waals surface area contributed by atoms with E-state index in [2.05, 4.69) is 15.0 Å². The molecule has 3 rings (SSSR count). The van der Waals surface area contributed by atoms with E-state index in [-0.39, 0.29) is 11.0 Å². The number of fused-ring (bicyclic) bond motifs is 1. The molecule has 3 aromatic rings. The van der Waals surface area contributed by atoms with Gasteiger partial charge in [-0.2, -0.15) is 0 Å². The fraction of sp³-hybridized carbons (Fsp3) is 0. The van der Waals surface area contributed by atoms with Crippen LogP contribution in [0.5, 0.6) is 5.88 Å². The van der Waals surface area contributed by atoms with Crippen LogP contribution in [0.1, 0.15) is 10.4 Å². The smallest absolute Gasteiger partial charge is 0.344 e. The maximum Gasteiger partial charge on any atom is 0.344 e. The van der Waals surface area contributed by atoms with Crippen LogP contribution < -0.4 is 4.74 Å². The number of imidazole rings is 1. The van der Waals surface area contributed by atoms with Crippen molar-refractivity contribution in [1.29, 1.82) is 0 Å². The lowest BCUT2D eigenvalue weighted by Crippen LogP contribution is -2.09. The van der Waals surface area contributed by atoms with E-state index in [0.29, 0.717) is 5.56 Å². The Morgan fingerprint density at radius 1 is 1.26 bits per heavy atom. The van der Waals surface area contributed by atoms with E-state index in [1.54, 1.807) is 42.7 Å². The molecule has 0 aliphatic heterocycles. The Morgan fingerprint density at radius 2 is 2.16 bits per heavy atom. The first-order chi connectivity index (χ1) is 9.22. The Kier molecular flexibility index (Phi) is 2.89. The summed E-state index contributed by atoms with van der Waals surface area (Å²) in [7, 11) is 0. The third-order valence-electron chi connectivity index (χ3n) is 2.54. The number of benzene rings is 1. The Morgan fingerprint density at radius 3 is 3.00 bits per heavy atom. The van der Waals surface area contributed by atoms with Gasteiger partial charge in [0.15, 0.2) is 0 Å². The number of ether oxygens (including phenoxy) is 1. The number of pyridine rings is 1. The van der Waals surface area contributed by atoms with Crippen LogP contribution in [0.3, 0.4) is 0 Å². The molecule has 0 fully saturated rings. The quantitative estimate of drug-likeness (QED) is 0.576. The van der Waals surface area contributed by atoms with Crippen LogP contribution in [0.4, 0.5) is 0 Å². The van der Waals surface area contributed by atoms with Crippen molar-refractivity contribution < 1.29 is 9.53 Å². The molecule has 1 aromatic carbocycles. The standard InChI is InChI=1S/C13H8ClN3O2/c14-11-2-1-3-12(17-11)19-13(18)8-4-5-9-10(6-8)16-7-15-9/h1-7H,(H,15,16). The number of esters is 1. The van der Waals surface area contributed by atoms with Gasteiger partial charge in [0.25, 0.3) is 0 Å². The van der Waals surface area contributed by atoms with Gasteiger partial charge in [0.1, 0.15) is 5.15 Å². The zero-order valence-corrected chi connectivity index (χ0v) is 10.4. The minimum atomic E-state index is -0.494. The predicted octanol–water partition coefficient (Wildman–Crippen LogP) is 2.83. The number of carbonyl (C=O) groups excluding carboxylic acids is 1. The Balaban J connectivity index is 1.87. The molecule has 0 unspecified atom stereocenters. The molecule has 5 nitrogen and oxygen atoms in total. The van der Waals surface area contributed by atoms with E-state index >= 15 is 0 Å². The number of nitrogens with zero attached hydrogens (tertiary/aromatic N) is 2. The maximum absolute atomic E-state index is 12.0. The summed E-state index contributed by atoms with van der Waals surface area (Å²) in [5, 5.41) is 0.273. The van der Waals surface area contributed by atoms with Gasteiger partial charge >= 0.3 is 5.97 Å². The average Bonchev–Trinajstić information content (AvgIpc) is 2.85. The third kappa shape index (κ3) is 2.41. The lowest BCUT2D eigenvalue weighted by atomic mass is 10.2. The summed E-state index contributed by atoms with van der Waals surface area (Å²) < 4.78 is 5.14. The highest BCUT2D eigenvalue weighted by atomic mass is 35.5. The number of aromatic amines is 1. The summed E-state index contributed by atoms with van der Waals surface area (Å²) >= 11 is 5.72. The fourth-order valence-corrected chi connectivity index (χ4v) is 1.82. The lowest BCUT2D eigenvalue weighted by molar-refractivity contribution is 0.0728. The summed E-state index contributed by atoms with van der Waals surface area (Å²) in [4.78, 5) is 22.9. The zero-order valence-electron chi connectivity index (χ0n) is 9.63. The van der Waals surface area contributed by atoms with E-state index in [4.69, 9.17) is 16.3 Å². The molecule has 0 bridgehead atoms. The Labute approximate surface area is 113 Å². The first kappa shape index (κ1) is 11.7. The highest BCUT2D eigenvalue weighted by molar-refractivity contribution is 6.29. The molecule has 0 radical (unpaired) electrons. The van der Waals surface area contributed by atoms with E-state index in [1.165, 1.54) is 0 Å². The molecule has 0 aliphatic rings. The molecule has 6 heteroatoms. The molecule has 2 heterocycles. The minimum Gasteiger partial charge on any atom is -0.404 e. The molecule has 0 atom stereocenters. The van der Waals surface area contributed by atoms with Gasteiger partial charge in [-0.05, 0) is 24.3 Å². The van der Waals surface area contributed by atoms with Crippen molar-refractivity contribution in [2.45, 2.75) is 0 Å². The average molecular weight is 274 g/mol. The molecule has 0 spiro atoms. The molecular weight excluding hydrogens is 266 g/mol. The first-order valence-electron chi connectivity index (χ1n) is 5.50. The van der Waals surface area contributed by atoms with Crippen molar-refractivity contribution in [3.63, 3.8) is 0 Å². The van der Waals surface area contributed by atoms with Crippen LogP contribution in [0.15, 0.2) is 42.7 Å². The highest BCUT2D eigenvalue weighted by Gasteiger charge is 2.11. The van der Waals surface area contributed by atoms with Crippen molar-refractivity contribution in [3.8, 4) is 5.88 Å². The molecule has 0 saturated heterocycles. The Bertz CT molecular complexity index is 754. The molecule has 19 heavy (non-hydrogen) atoms. The second-order valence-corrected chi connectivity index (χ2v) is 4.21. The molecule has 1 N–H and O–H groups in total. The van der Waals surface area contributed by atoms with E-state index in [1.807, 2.05) is 0 Å². The number of aromatic nitrogens is 3. The highest BCUT2D eigenvalue weighted by Crippen LogP contribution is 2.16. The lowest BCUT2D eigenvalue weighted by Gasteiger charge is -2.03. The fourth-order valence-electron chi connectivity index (χ4n) is 1.66. The summed E-state index contributed by atoms with van der Waals surface area (Å²) in [6.45, 7) is 0. The molecule has 0 amide bonds. The largest absolute Gasteiger partial charge is 0.404 e. The van der Waals surface area contributed by atoms with Crippen molar-refractivity contribution in [1.82, 2.24) is 15.0 Å². The number of carbonyl (C=O) groups is 1. The van der Waals surface area contributed by atoms with Gasteiger partial charge in [-0.3, -0.25) is 0 Å². The van der Waals surface area contributed by atoms with Crippen LogP contribution in [0.25, 0.3) is 11.0 Å². The number of rotatable bonds is 2. The Hall–Kier alpha value is -2.40. The first-order valence-corrected chi connectivity index (χ1v) is 5.88. The van der Waals surface area contributed by atoms with E-state index < -0.39 is 5.97 Å². The number of H-pyrrole nitrogens is 1. The molecule has 2 aromatic heterocycles. The summed E-state index contributed by atoms with van der Waals surface area (Å²) in [5.74, 6) is -0.325. The van der Waals surface area contributed by atoms with E-state index in [0.717, 1.165) is 11.0 Å². The normalized spacial score (nSPS) is 10.6. The van der Waals surface area contributed by atoms with Crippen LogP contribution in [0.2, 0.25) is 5.15 Å². The molecule has 0 saturated carbocycles. The van der Waals surface area contributed by atoms with Crippen molar-refractivity contribution >= 4 is 28.6 Å². The second-order valence-electron chi connectivity index (χ2n) is 3.82. The number of hydrogen-bond acceptors (Lipinski definition) is 4. The van der Waals surface area contributed by atoms with Crippen LogP contribution >= 0.6 is 11.6 Å². The number of halogens is 1. The molecule has 94 valence electrons. The second kappa shape index (κ2) is 4.70. The SMILES string of the molecule is O=C(Oc1cccc(Cl)n1)c1ccc2nc[nH]c2c1. The number of hydrogen-bond donors (Lipinski definition) is 1. The predicted molar refractivity (Wildman–Crippen MR) is 70.3 cm³/mol. The van der Waals surface area contributed by atoms with Gasteiger partial charge < -0.3 is 9.72 Å². The maximum atomic E-state index is 12.0. The van der Waals surface area contributed by atoms with Crippen molar-refractivity contribution in [2.75, 3.05) is 0 Å². The molecular formula is C13H8ClN3O2. The van der Waals surface area contributed by atoms with Crippen molar-refractivity contribution in [3.05, 3.63) is 53.4 Å². The van der Waals surface area contributed by atoms with Gasteiger partial charge in [0.05, 0.1) is 22.9 Å². The van der Waals surface area contributed by atoms with Gasteiger partial charge in [-0.1, -0.05) is 17.7 Å². The zero-order chi connectivity index (χ0) is 13.2. The van der Waals surface area contributed by atoms with Gasteiger partial charge in [-0.25, -0.2) is 14.8 Å². The molecule has 0 aliphatic carbocycles. The van der Waals surface area contributed by atoms with Crippen LogP contribution in [-0.4, -0.2) is 20.9 Å². The van der Waals surface area contributed by atoms with Crippen LogP contribution in [-0.2, 0) is 0 Å². The summed E-state index contributed by atoms with van der Waals surface area (Å²) in [6, 6.07) is 9.91. The van der Waals surface area contributed by atoms with Crippen molar-refractivity contribution in [2.24, 2.45) is 0 Å². The van der Waals surface area contributed by atoms with Crippen LogP contribution in [0, 0.1) is 0 Å². The summed E-state index contributed by atoms with van der Waals surface area (Å²) in [6.07, 6.45) is 1.57. The topological polar surface area (TPSA) is 67.9 Å². The minimum absolute atomic E-state index is 0.169. The number of nitrogens with one attached hydrogen (secondary N) is 1.